The van der Waals surface area contributed by atoms with Gasteiger partial charge < -0.3 is 4.90 Å². The average Bonchev–Trinajstić information content (AvgIpc) is 2.74. The molecule has 0 fully saturated rings. The highest BCUT2D eigenvalue weighted by Crippen LogP contribution is 2.22. The maximum absolute atomic E-state index is 12.7. The minimum atomic E-state index is -0.167. The monoisotopic (exact) mass is 387 g/mol. The fraction of sp³-hybridized carbons (Fsp3) is 0.292. The predicted octanol–water partition coefficient (Wildman–Crippen LogP) is 3.32. The predicted molar refractivity (Wildman–Crippen MR) is 114 cm³/mol. The van der Waals surface area contributed by atoms with E-state index in [-0.39, 0.29) is 17.9 Å². The number of fused-ring (bicyclic) bond motifs is 1. The summed E-state index contributed by atoms with van der Waals surface area (Å²) in [6.45, 7) is 3.37. The Morgan fingerprint density at radius 3 is 2.55 bits per heavy atom. The van der Waals surface area contributed by atoms with Crippen LogP contribution in [0.15, 0.2) is 65.5 Å². The van der Waals surface area contributed by atoms with Gasteiger partial charge in [-0.3, -0.25) is 14.2 Å². The number of nitrogens with zero attached hydrogens (tertiary/aromatic N) is 3. The van der Waals surface area contributed by atoms with E-state index in [0.29, 0.717) is 31.0 Å². The van der Waals surface area contributed by atoms with Crippen molar-refractivity contribution in [2.75, 3.05) is 11.4 Å². The molecule has 0 saturated heterocycles. The lowest BCUT2D eigenvalue weighted by molar-refractivity contribution is -0.119. The zero-order chi connectivity index (χ0) is 20.2. The van der Waals surface area contributed by atoms with Gasteiger partial charge >= 0.3 is 0 Å². The van der Waals surface area contributed by atoms with Gasteiger partial charge in [-0.1, -0.05) is 54.6 Å². The number of hydrogen-bond acceptors (Lipinski definition) is 4. The van der Waals surface area contributed by atoms with Crippen molar-refractivity contribution in [3.05, 3.63) is 93.4 Å². The first-order valence-electron chi connectivity index (χ1n) is 10.1. The van der Waals surface area contributed by atoms with Crippen LogP contribution in [0, 0.1) is 6.92 Å². The molecule has 0 saturated carbocycles. The lowest BCUT2D eigenvalue weighted by atomic mass is 10.0. The molecule has 2 heterocycles. The number of carbonyl (C=O) groups is 1. The van der Waals surface area contributed by atoms with Gasteiger partial charge in [-0.15, -0.1) is 0 Å². The normalized spacial score (nSPS) is 13.2. The lowest BCUT2D eigenvalue weighted by Crippen LogP contribution is -2.37. The van der Waals surface area contributed by atoms with Crippen molar-refractivity contribution in [3.8, 4) is 0 Å². The van der Waals surface area contributed by atoms with Crippen molar-refractivity contribution in [2.45, 2.75) is 39.3 Å². The zero-order valence-corrected chi connectivity index (χ0v) is 16.7. The molecule has 148 valence electrons. The molecular weight excluding hydrogens is 362 g/mol. The molecule has 1 aliphatic heterocycles. The van der Waals surface area contributed by atoms with Gasteiger partial charge in [0.1, 0.15) is 0 Å². The van der Waals surface area contributed by atoms with E-state index in [4.69, 9.17) is 0 Å². The van der Waals surface area contributed by atoms with Crippen LogP contribution < -0.4 is 10.5 Å². The molecule has 3 aromatic rings. The van der Waals surface area contributed by atoms with Crippen LogP contribution in [-0.2, 0) is 30.7 Å². The van der Waals surface area contributed by atoms with E-state index >= 15 is 0 Å². The van der Waals surface area contributed by atoms with Gasteiger partial charge in [0, 0.05) is 31.3 Å². The summed E-state index contributed by atoms with van der Waals surface area (Å²) in [6, 6.07) is 19.8. The van der Waals surface area contributed by atoms with Crippen LogP contribution in [-0.4, -0.2) is 21.9 Å². The molecule has 0 aliphatic carbocycles. The number of aryl methyl sites for hydroxylation is 2. The Hall–Kier alpha value is -3.21. The molecule has 2 aromatic carbocycles. The Morgan fingerprint density at radius 2 is 1.76 bits per heavy atom. The molecule has 5 heteroatoms. The minimum absolute atomic E-state index is 0.0419. The van der Waals surface area contributed by atoms with E-state index in [0.717, 1.165) is 18.5 Å². The van der Waals surface area contributed by atoms with Crippen molar-refractivity contribution >= 4 is 11.7 Å². The molecule has 4 rings (SSSR count). The van der Waals surface area contributed by atoms with Crippen LogP contribution in [0.3, 0.4) is 0 Å². The van der Waals surface area contributed by atoms with Crippen LogP contribution in [0.5, 0.6) is 0 Å². The highest BCUT2D eigenvalue weighted by molar-refractivity contribution is 5.78. The number of carbonyl (C=O) groups excluding carboxylic acids is 1. The van der Waals surface area contributed by atoms with E-state index in [1.54, 1.807) is 0 Å². The second-order valence-corrected chi connectivity index (χ2v) is 7.59. The number of aromatic nitrogens is 2. The molecule has 0 unspecified atom stereocenters. The van der Waals surface area contributed by atoms with Gasteiger partial charge in [0.05, 0.1) is 6.54 Å². The molecule has 0 bridgehead atoms. The number of hydrogen-bond donors (Lipinski definition) is 0. The van der Waals surface area contributed by atoms with Gasteiger partial charge in [-0.05, 0) is 36.5 Å². The Kier molecular flexibility index (Phi) is 5.56. The molecule has 1 aromatic heterocycles. The van der Waals surface area contributed by atoms with Crippen molar-refractivity contribution < 1.29 is 4.79 Å². The van der Waals surface area contributed by atoms with Crippen LogP contribution in [0.2, 0.25) is 0 Å². The topological polar surface area (TPSA) is 55.2 Å². The maximum Gasteiger partial charge on any atom is 0.255 e. The van der Waals surface area contributed by atoms with Crippen molar-refractivity contribution in [3.63, 3.8) is 0 Å². The summed E-state index contributed by atoms with van der Waals surface area (Å²) in [5, 5.41) is 0. The number of anilines is 1. The van der Waals surface area contributed by atoms with E-state index in [1.807, 2.05) is 43.3 Å². The molecular formula is C24H25N3O2. The third-order valence-electron chi connectivity index (χ3n) is 5.40. The van der Waals surface area contributed by atoms with Crippen molar-refractivity contribution in [1.82, 2.24) is 9.55 Å². The third kappa shape index (κ3) is 4.45. The summed E-state index contributed by atoms with van der Waals surface area (Å²) in [7, 11) is 0. The first-order chi connectivity index (χ1) is 14.1. The van der Waals surface area contributed by atoms with Gasteiger partial charge in [0.2, 0.25) is 5.95 Å². The Labute approximate surface area is 170 Å². The summed E-state index contributed by atoms with van der Waals surface area (Å²) >= 11 is 0. The molecule has 1 aliphatic rings. The third-order valence-corrected chi connectivity index (χ3v) is 5.40. The van der Waals surface area contributed by atoms with E-state index in [2.05, 4.69) is 28.1 Å². The highest BCUT2D eigenvalue weighted by Gasteiger charge is 2.21. The fourth-order valence-corrected chi connectivity index (χ4v) is 3.85. The molecule has 0 spiro atoms. The Balaban J connectivity index is 1.54. The number of rotatable bonds is 6. The molecule has 0 N–H and O–H groups in total. The molecule has 29 heavy (non-hydrogen) atoms. The Bertz CT molecular complexity index is 1070. The van der Waals surface area contributed by atoms with Crippen molar-refractivity contribution in [1.29, 1.82) is 0 Å². The number of benzene rings is 2. The van der Waals surface area contributed by atoms with Gasteiger partial charge in [0.25, 0.3) is 5.56 Å². The number of ketones is 1. The summed E-state index contributed by atoms with van der Waals surface area (Å²) in [5.41, 5.74) is 4.22. The van der Waals surface area contributed by atoms with E-state index in [9.17, 15) is 9.59 Å². The average molecular weight is 387 g/mol. The molecule has 0 amide bonds. The van der Waals surface area contributed by atoms with E-state index < -0.39 is 0 Å². The molecule has 5 nitrogen and oxygen atoms in total. The second-order valence-electron chi connectivity index (χ2n) is 7.59. The summed E-state index contributed by atoms with van der Waals surface area (Å²) < 4.78 is 1.54. The highest BCUT2D eigenvalue weighted by atomic mass is 16.1. The van der Waals surface area contributed by atoms with Crippen LogP contribution in [0.1, 0.15) is 28.8 Å². The quantitative estimate of drug-likeness (QED) is 0.651. The molecule has 0 atom stereocenters. The second kappa shape index (κ2) is 8.43. The first kappa shape index (κ1) is 19.1. The standard InChI is InChI=1S/C24H25N3O2/c1-18-15-23(29)27(17-22(28)12-11-19-7-3-2-4-8-19)24(25-18)26-14-13-20-9-5-6-10-21(20)16-26/h2-10,15H,11-14,16-17H2,1H3. The van der Waals surface area contributed by atoms with Gasteiger partial charge in [0.15, 0.2) is 5.78 Å². The van der Waals surface area contributed by atoms with E-state index in [1.165, 1.54) is 21.8 Å². The zero-order valence-electron chi connectivity index (χ0n) is 16.7. The van der Waals surface area contributed by atoms with Gasteiger partial charge in [-0.2, -0.15) is 0 Å². The maximum atomic E-state index is 12.7. The molecule has 0 radical (unpaired) electrons. The van der Waals surface area contributed by atoms with Crippen molar-refractivity contribution in [2.24, 2.45) is 0 Å². The van der Waals surface area contributed by atoms with Crippen LogP contribution in [0.4, 0.5) is 5.95 Å². The first-order valence-corrected chi connectivity index (χ1v) is 10.1. The largest absolute Gasteiger partial charge is 0.337 e. The lowest BCUT2D eigenvalue weighted by Gasteiger charge is -2.31. The van der Waals surface area contributed by atoms with Crippen LogP contribution in [0.25, 0.3) is 0 Å². The SMILES string of the molecule is Cc1cc(=O)n(CC(=O)CCc2ccccc2)c(N2CCc3ccccc3C2)n1. The summed E-state index contributed by atoms with van der Waals surface area (Å²) in [6.07, 6.45) is 1.99. The van der Waals surface area contributed by atoms with Crippen LogP contribution >= 0.6 is 0 Å². The summed E-state index contributed by atoms with van der Waals surface area (Å²) in [5.74, 6) is 0.637. The summed E-state index contributed by atoms with van der Waals surface area (Å²) in [4.78, 5) is 32.1. The smallest absolute Gasteiger partial charge is 0.255 e. The number of Topliss-reactive ketones (excluding diaryl/α,β-unsaturated/α-hetero) is 1. The Morgan fingerprint density at radius 1 is 1.03 bits per heavy atom. The van der Waals surface area contributed by atoms with Gasteiger partial charge in [-0.25, -0.2) is 4.98 Å². The minimum Gasteiger partial charge on any atom is -0.337 e. The fourth-order valence-electron chi connectivity index (χ4n) is 3.85.